The number of benzene rings is 1. The number of oxazole rings is 2. The van der Waals surface area contributed by atoms with Crippen LogP contribution in [0.25, 0.3) is 11.1 Å². The van der Waals surface area contributed by atoms with Crippen LogP contribution in [-0.2, 0) is 10.6 Å². The zero-order chi connectivity index (χ0) is 16.2. The molecule has 8 heteroatoms. The molecular weight excluding hydrogens is 318 g/mol. The van der Waals surface area contributed by atoms with Crippen molar-refractivity contribution in [3.05, 3.63) is 41.6 Å². The van der Waals surface area contributed by atoms with E-state index in [1.807, 2.05) is 25.1 Å². The Kier molecular flexibility index (Phi) is 4.63. The second kappa shape index (κ2) is 6.84. The first kappa shape index (κ1) is 15.6. The highest BCUT2D eigenvalue weighted by atomic mass is 32.2. The highest BCUT2D eigenvalue weighted by Crippen LogP contribution is 2.27. The largest absolute Gasteiger partial charge is 0.447 e. The van der Waals surface area contributed by atoms with E-state index in [1.165, 1.54) is 18.0 Å². The van der Waals surface area contributed by atoms with Gasteiger partial charge in [-0.25, -0.2) is 15.4 Å². The maximum Gasteiger partial charge on any atom is 0.296 e. The summed E-state index contributed by atoms with van der Waals surface area (Å²) in [5, 5.41) is 0.535. The fourth-order valence-electron chi connectivity index (χ4n) is 1.92. The molecule has 1 amide bonds. The Morgan fingerprint density at radius 1 is 1.39 bits per heavy atom. The molecule has 0 unspecified atom stereocenters. The molecule has 3 rings (SSSR count). The molecule has 3 aromatic rings. The van der Waals surface area contributed by atoms with Crippen LogP contribution in [0.15, 0.2) is 38.5 Å². The number of carbonyl (C=O) groups excluding carboxylic acids is 1. The highest BCUT2D eigenvalue weighted by molar-refractivity contribution is 7.98. The van der Waals surface area contributed by atoms with Crippen LogP contribution in [0.3, 0.4) is 0 Å². The number of rotatable bonds is 6. The fourth-order valence-corrected chi connectivity index (χ4v) is 2.61. The number of hydrogen-bond donors (Lipinski definition) is 1. The SMILES string of the molecule is CCONC(=O)c1coc(CSc2nc3c(C)cccc3o2)n1. The van der Waals surface area contributed by atoms with E-state index in [1.54, 1.807) is 6.92 Å². The molecule has 0 aliphatic rings. The van der Waals surface area contributed by atoms with Gasteiger partial charge in [0.25, 0.3) is 11.1 Å². The van der Waals surface area contributed by atoms with Gasteiger partial charge in [-0.3, -0.25) is 9.63 Å². The molecule has 0 aliphatic heterocycles. The van der Waals surface area contributed by atoms with Gasteiger partial charge in [0.15, 0.2) is 11.3 Å². The normalized spacial score (nSPS) is 11.0. The summed E-state index contributed by atoms with van der Waals surface area (Å²) in [7, 11) is 0. The Morgan fingerprint density at radius 2 is 2.26 bits per heavy atom. The number of carbonyl (C=O) groups is 1. The van der Waals surface area contributed by atoms with Gasteiger partial charge in [-0.2, -0.15) is 0 Å². The van der Waals surface area contributed by atoms with Gasteiger partial charge in [0.1, 0.15) is 11.8 Å². The molecule has 120 valence electrons. The molecule has 0 radical (unpaired) electrons. The number of aryl methyl sites for hydroxylation is 1. The van der Waals surface area contributed by atoms with Gasteiger partial charge in [-0.05, 0) is 25.5 Å². The predicted octanol–water partition coefficient (Wildman–Crippen LogP) is 3.10. The Hall–Kier alpha value is -2.32. The van der Waals surface area contributed by atoms with Gasteiger partial charge in [0.2, 0.25) is 5.89 Å². The van der Waals surface area contributed by atoms with Crippen LogP contribution in [0.5, 0.6) is 0 Å². The molecule has 23 heavy (non-hydrogen) atoms. The maximum absolute atomic E-state index is 11.6. The molecule has 1 N–H and O–H groups in total. The Bertz CT molecular complexity index is 827. The van der Waals surface area contributed by atoms with Crippen LogP contribution in [0.4, 0.5) is 0 Å². The molecule has 0 saturated carbocycles. The van der Waals surface area contributed by atoms with Crippen molar-refractivity contribution < 1.29 is 18.5 Å². The molecule has 0 saturated heterocycles. The number of amides is 1. The van der Waals surface area contributed by atoms with Crippen LogP contribution < -0.4 is 5.48 Å². The summed E-state index contributed by atoms with van der Waals surface area (Å²) in [4.78, 5) is 25.0. The number of thioether (sulfide) groups is 1. The minimum absolute atomic E-state index is 0.169. The lowest BCUT2D eigenvalue weighted by Gasteiger charge is -1.98. The van der Waals surface area contributed by atoms with Crippen LogP contribution in [0.2, 0.25) is 0 Å². The van der Waals surface area contributed by atoms with E-state index >= 15 is 0 Å². The van der Waals surface area contributed by atoms with E-state index in [2.05, 4.69) is 15.4 Å². The summed E-state index contributed by atoms with van der Waals surface area (Å²) in [6.45, 7) is 4.13. The third kappa shape index (κ3) is 3.54. The first-order valence-electron chi connectivity index (χ1n) is 7.03. The number of para-hydroxylation sites is 1. The summed E-state index contributed by atoms with van der Waals surface area (Å²) >= 11 is 1.35. The Balaban J connectivity index is 1.64. The summed E-state index contributed by atoms with van der Waals surface area (Å²) in [5.74, 6) is 0.383. The smallest absolute Gasteiger partial charge is 0.296 e. The van der Waals surface area contributed by atoms with E-state index in [-0.39, 0.29) is 5.69 Å². The molecule has 7 nitrogen and oxygen atoms in total. The predicted molar refractivity (Wildman–Crippen MR) is 83.9 cm³/mol. The molecule has 2 heterocycles. The van der Waals surface area contributed by atoms with Crippen molar-refractivity contribution in [3.8, 4) is 0 Å². The molecule has 0 fully saturated rings. The van der Waals surface area contributed by atoms with Crippen LogP contribution >= 0.6 is 11.8 Å². The number of hydrogen-bond acceptors (Lipinski definition) is 7. The topological polar surface area (TPSA) is 90.4 Å². The first-order chi connectivity index (χ1) is 11.2. The number of aromatic nitrogens is 2. The van der Waals surface area contributed by atoms with Gasteiger partial charge in [-0.15, -0.1) is 0 Å². The quantitative estimate of drug-likeness (QED) is 0.547. The van der Waals surface area contributed by atoms with Gasteiger partial charge in [-0.1, -0.05) is 23.9 Å². The first-order valence-corrected chi connectivity index (χ1v) is 8.01. The molecule has 0 spiro atoms. The molecule has 0 aliphatic carbocycles. The second-order valence-corrected chi connectivity index (χ2v) is 5.61. The molecular formula is C15H15N3O4S. The van der Waals surface area contributed by atoms with Crippen molar-refractivity contribution in [1.29, 1.82) is 0 Å². The molecule has 0 bridgehead atoms. The summed E-state index contributed by atoms with van der Waals surface area (Å²) in [5.41, 5.74) is 5.08. The summed E-state index contributed by atoms with van der Waals surface area (Å²) in [6.07, 6.45) is 1.29. The standard InChI is InChI=1S/C15H15N3O4S/c1-3-21-18-14(19)10-7-20-12(16-10)8-23-15-17-13-9(2)5-4-6-11(13)22-15/h4-7H,3,8H2,1-2H3,(H,18,19). The lowest BCUT2D eigenvalue weighted by atomic mass is 10.2. The number of fused-ring (bicyclic) bond motifs is 1. The maximum atomic E-state index is 11.6. The van der Waals surface area contributed by atoms with Crippen LogP contribution in [0.1, 0.15) is 28.9 Å². The van der Waals surface area contributed by atoms with Crippen LogP contribution in [-0.4, -0.2) is 22.5 Å². The molecule has 1 aromatic carbocycles. The number of hydroxylamine groups is 1. The van der Waals surface area contributed by atoms with Crippen molar-refractivity contribution in [1.82, 2.24) is 15.4 Å². The molecule has 2 aromatic heterocycles. The van der Waals surface area contributed by atoms with Crippen molar-refractivity contribution >= 4 is 28.8 Å². The van der Waals surface area contributed by atoms with E-state index < -0.39 is 5.91 Å². The van der Waals surface area contributed by atoms with E-state index in [9.17, 15) is 4.79 Å². The van der Waals surface area contributed by atoms with E-state index in [0.29, 0.717) is 23.5 Å². The average Bonchev–Trinajstić information content (AvgIpc) is 3.18. The minimum atomic E-state index is -0.440. The zero-order valence-corrected chi connectivity index (χ0v) is 13.5. The lowest BCUT2D eigenvalue weighted by Crippen LogP contribution is -2.23. The lowest BCUT2D eigenvalue weighted by molar-refractivity contribution is 0.0360. The van der Waals surface area contributed by atoms with Crippen molar-refractivity contribution in [2.75, 3.05) is 6.61 Å². The monoisotopic (exact) mass is 333 g/mol. The number of nitrogens with zero attached hydrogens (tertiary/aromatic N) is 2. The highest BCUT2D eigenvalue weighted by Gasteiger charge is 2.14. The Labute approximate surface area is 136 Å². The van der Waals surface area contributed by atoms with E-state index in [0.717, 1.165) is 16.7 Å². The van der Waals surface area contributed by atoms with Crippen molar-refractivity contribution in [2.45, 2.75) is 24.8 Å². The van der Waals surface area contributed by atoms with Gasteiger partial charge >= 0.3 is 0 Å². The molecule has 0 atom stereocenters. The second-order valence-electron chi connectivity index (χ2n) is 4.68. The minimum Gasteiger partial charge on any atom is -0.447 e. The average molecular weight is 333 g/mol. The van der Waals surface area contributed by atoms with Crippen molar-refractivity contribution in [2.24, 2.45) is 0 Å². The van der Waals surface area contributed by atoms with Gasteiger partial charge in [0.05, 0.1) is 12.4 Å². The summed E-state index contributed by atoms with van der Waals surface area (Å²) in [6, 6.07) is 5.78. The number of nitrogens with one attached hydrogen (secondary N) is 1. The third-order valence-corrected chi connectivity index (χ3v) is 3.83. The van der Waals surface area contributed by atoms with E-state index in [4.69, 9.17) is 13.7 Å². The Morgan fingerprint density at radius 3 is 3.04 bits per heavy atom. The zero-order valence-electron chi connectivity index (χ0n) is 12.7. The van der Waals surface area contributed by atoms with Crippen LogP contribution in [0, 0.1) is 6.92 Å². The van der Waals surface area contributed by atoms with Gasteiger partial charge < -0.3 is 8.83 Å². The van der Waals surface area contributed by atoms with Crippen molar-refractivity contribution in [3.63, 3.8) is 0 Å². The van der Waals surface area contributed by atoms with Gasteiger partial charge in [0, 0.05) is 0 Å². The third-order valence-electron chi connectivity index (χ3n) is 3.01. The fraction of sp³-hybridized carbons (Fsp3) is 0.267. The summed E-state index contributed by atoms with van der Waals surface area (Å²) < 4.78 is 10.9.